The maximum absolute atomic E-state index is 12.4. The van der Waals surface area contributed by atoms with Crippen LogP contribution >= 0.6 is 0 Å². The third-order valence-electron chi connectivity index (χ3n) is 3.80. The van der Waals surface area contributed by atoms with Crippen LogP contribution in [0, 0.1) is 0 Å². The molecule has 0 aliphatic carbocycles. The Bertz CT molecular complexity index is 710. The van der Waals surface area contributed by atoms with E-state index >= 15 is 0 Å². The van der Waals surface area contributed by atoms with Crippen molar-refractivity contribution in [1.82, 2.24) is 9.62 Å². The van der Waals surface area contributed by atoms with Gasteiger partial charge in [-0.1, -0.05) is 25.1 Å². The molecule has 0 aromatic heterocycles. The summed E-state index contributed by atoms with van der Waals surface area (Å²) in [5.74, 6) is -1.39. The molecule has 0 spiro atoms. The maximum Gasteiger partial charge on any atom is 0.268 e. The van der Waals surface area contributed by atoms with E-state index in [2.05, 4.69) is 5.32 Å². The summed E-state index contributed by atoms with van der Waals surface area (Å²) in [5.41, 5.74) is 0.357. The van der Waals surface area contributed by atoms with Crippen LogP contribution in [0.4, 0.5) is 0 Å². The highest BCUT2D eigenvalue weighted by Crippen LogP contribution is 2.24. The van der Waals surface area contributed by atoms with Gasteiger partial charge in [-0.3, -0.25) is 9.59 Å². The number of carbonyl (C=O) groups excluding carboxylic acids is 2. The smallest absolute Gasteiger partial charge is 0.268 e. The van der Waals surface area contributed by atoms with Crippen LogP contribution in [-0.2, 0) is 20.6 Å². The van der Waals surface area contributed by atoms with E-state index in [9.17, 15) is 18.0 Å². The minimum atomic E-state index is -3.82. The van der Waals surface area contributed by atoms with E-state index in [-0.39, 0.29) is 5.75 Å². The molecule has 1 aromatic rings. The Kier molecular flexibility index (Phi) is 4.28. The summed E-state index contributed by atoms with van der Waals surface area (Å²) in [4.78, 5) is 24.4. The number of carbonyl (C=O) groups is 2. The van der Waals surface area contributed by atoms with E-state index in [0.717, 1.165) is 0 Å². The number of hydrogen-bond donors (Lipinski definition) is 1. The molecule has 2 rings (SSSR count). The highest BCUT2D eigenvalue weighted by molar-refractivity contribution is 7.89. The fourth-order valence-electron chi connectivity index (χ4n) is 2.20. The molecule has 1 aliphatic heterocycles. The van der Waals surface area contributed by atoms with Crippen molar-refractivity contribution in [3.63, 3.8) is 0 Å². The standard InChI is InChI=1S/C15H20N2O4S/c1-4-15(2,3)16-13(18)9-17-14(19)12-8-6-5-7-11(12)10-22(17,20)21/h5-8H,4,9-10H2,1-3H3,(H,16,18). The SMILES string of the molecule is CCC(C)(C)NC(=O)CN1C(=O)c2ccccc2CS1(=O)=O. The Hall–Kier alpha value is -1.89. The zero-order valence-electron chi connectivity index (χ0n) is 12.9. The van der Waals surface area contributed by atoms with Crippen LogP contribution in [0.3, 0.4) is 0 Å². The molecule has 0 saturated carbocycles. The second-order valence-electron chi connectivity index (χ2n) is 6.01. The third-order valence-corrected chi connectivity index (χ3v) is 5.44. The predicted molar refractivity (Wildman–Crippen MR) is 82.6 cm³/mol. The van der Waals surface area contributed by atoms with Crippen LogP contribution in [-0.4, -0.2) is 36.6 Å². The van der Waals surface area contributed by atoms with Crippen molar-refractivity contribution in [2.24, 2.45) is 0 Å². The van der Waals surface area contributed by atoms with Crippen molar-refractivity contribution in [1.29, 1.82) is 0 Å². The molecule has 0 radical (unpaired) electrons. The molecule has 0 fully saturated rings. The summed E-state index contributed by atoms with van der Waals surface area (Å²) in [6.07, 6.45) is 0.697. The van der Waals surface area contributed by atoms with Crippen LogP contribution in [0.2, 0.25) is 0 Å². The first-order chi connectivity index (χ1) is 10.2. The van der Waals surface area contributed by atoms with Gasteiger partial charge in [-0.2, -0.15) is 0 Å². The molecule has 0 unspecified atom stereocenters. The average Bonchev–Trinajstić information content (AvgIpc) is 2.42. The summed E-state index contributed by atoms with van der Waals surface area (Å²) in [6, 6.07) is 6.55. The number of hydrogen-bond acceptors (Lipinski definition) is 4. The first-order valence-corrected chi connectivity index (χ1v) is 8.71. The Morgan fingerprint density at radius 3 is 2.59 bits per heavy atom. The van der Waals surface area contributed by atoms with Crippen molar-refractivity contribution >= 4 is 21.8 Å². The molecule has 0 bridgehead atoms. The normalized spacial score (nSPS) is 17.0. The molecule has 22 heavy (non-hydrogen) atoms. The number of sulfonamides is 1. The van der Waals surface area contributed by atoms with Crippen molar-refractivity contribution in [2.75, 3.05) is 6.54 Å². The van der Waals surface area contributed by atoms with Gasteiger partial charge in [-0.15, -0.1) is 0 Å². The lowest BCUT2D eigenvalue weighted by Crippen LogP contribution is -2.51. The van der Waals surface area contributed by atoms with E-state index in [1.54, 1.807) is 24.3 Å². The van der Waals surface area contributed by atoms with Gasteiger partial charge in [0.2, 0.25) is 15.9 Å². The van der Waals surface area contributed by atoms with Gasteiger partial charge in [0.1, 0.15) is 6.54 Å². The van der Waals surface area contributed by atoms with Crippen molar-refractivity contribution < 1.29 is 18.0 Å². The van der Waals surface area contributed by atoms with Gasteiger partial charge in [-0.05, 0) is 31.9 Å². The Morgan fingerprint density at radius 2 is 1.95 bits per heavy atom. The minimum absolute atomic E-state index is 0.265. The molecule has 7 heteroatoms. The first kappa shape index (κ1) is 16.5. The molecular weight excluding hydrogens is 304 g/mol. The number of fused-ring (bicyclic) bond motifs is 1. The molecule has 1 heterocycles. The van der Waals surface area contributed by atoms with E-state index in [1.165, 1.54) is 0 Å². The Labute approximate surface area is 130 Å². The summed E-state index contributed by atoms with van der Waals surface area (Å²) < 4.78 is 25.2. The van der Waals surface area contributed by atoms with Crippen molar-refractivity contribution in [2.45, 2.75) is 38.5 Å². The maximum atomic E-state index is 12.4. The molecule has 1 aromatic carbocycles. The molecular formula is C15H20N2O4S. The molecule has 1 aliphatic rings. The first-order valence-electron chi connectivity index (χ1n) is 7.10. The fourth-order valence-corrected chi connectivity index (χ4v) is 3.66. The summed E-state index contributed by atoms with van der Waals surface area (Å²) in [6.45, 7) is 5.11. The second-order valence-corrected chi connectivity index (χ2v) is 7.90. The van der Waals surface area contributed by atoms with Gasteiger partial charge in [0, 0.05) is 11.1 Å². The molecule has 120 valence electrons. The van der Waals surface area contributed by atoms with E-state index in [4.69, 9.17) is 0 Å². The van der Waals surface area contributed by atoms with Crippen LogP contribution < -0.4 is 5.32 Å². The van der Waals surface area contributed by atoms with Gasteiger partial charge < -0.3 is 5.32 Å². The number of amides is 2. The Morgan fingerprint density at radius 1 is 1.32 bits per heavy atom. The van der Waals surface area contributed by atoms with Gasteiger partial charge >= 0.3 is 0 Å². The number of benzene rings is 1. The lowest BCUT2D eigenvalue weighted by atomic mass is 10.0. The zero-order valence-corrected chi connectivity index (χ0v) is 13.7. The molecule has 2 amide bonds. The molecule has 6 nitrogen and oxygen atoms in total. The van der Waals surface area contributed by atoms with Gasteiger partial charge in [0.05, 0.1) is 5.75 Å². The minimum Gasteiger partial charge on any atom is -0.350 e. The van der Waals surface area contributed by atoms with Crippen LogP contribution in [0.5, 0.6) is 0 Å². The highest BCUT2D eigenvalue weighted by Gasteiger charge is 2.37. The van der Waals surface area contributed by atoms with E-state index < -0.39 is 33.9 Å². The van der Waals surface area contributed by atoms with Crippen LogP contribution in [0.25, 0.3) is 0 Å². The predicted octanol–water partition coefficient (Wildman–Crippen LogP) is 1.28. The zero-order chi connectivity index (χ0) is 16.5. The number of nitrogens with zero attached hydrogens (tertiary/aromatic N) is 1. The van der Waals surface area contributed by atoms with E-state index in [0.29, 0.717) is 21.9 Å². The number of rotatable bonds is 4. The van der Waals surface area contributed by atoms with Crippen LogP contribution in [0.1, 0.15) is 43.1 Å². The van der Waals surface area contributed by atoms with E-state index in [1.807, 2.05) is 20.8 Å². The summed E-state index contributed by atoms with van der Waals surface area (Å²) in [5, 5.41) is 2.74. The average molecular weight is 324 g/mol. The van der Waals surface area contributed by atoms with Gasteiger partial charge in [0.15, 0.2) is 0 Å². The lowest BCUT2D eigenvalue weighted by molar-refractivity contribution is -0.122. The molecule has 1 N–H and O–H groups in total. The largest absolute Gasteiger partial charge is 0.350 e. The number of nitrogens with one attached hydrogen (secondary N) is 1. The monoisotopic (exact) mass is 324 g/mol. The fraction of sp³-hybridized carbons (Fsp3) is 0.467. The van der Waals surface area contributed by atoms with Crippen molar-refractivity contribution in [3.05, 3.63) is 35.4 Å². The summed E-state index contributed by atoms with van der Waals surface area (Å²) in [7, 11) is -3.82. The second kappa shape index (κ2) is 5.72. The third kappa shape index (κ3) is 3.30. The molecule has 0 atom stereocenters. The lowest BCUT2D eigenvalue weighted by Gasteiger charge is -2.30. The van der Waals surface area contributed by atoms with Crippen molar-refractivity contribution in [3.8, 4) is 0 Å². The summed E-state index contributed by atoms with van der Waals surface area (Å²) >= 11 is 0. The topological polar surface area (TPSA) is 83.6 Å². The van der Waals surface area contributed by atoms with Gasteiger partial charge in [0.25, 0.3) is 5.91 Å². The quantitative estimate of drug-likeness (QED) is 0.904. The van der Waals surface area contributed by atoms with Gasteiger partial charge in [-0.25, -0.2) is 12.7 Å². The molecule has 0 saturated heterocycles. The van der Waals surface area contributed by atoms with Crippen LogP contribution in [0.15, 0.2) is 24.3 Å². The highest BCUT2D eigenvalue weighted by atomic mass is 32.2. The Balaban J connectivity index is 2.24.